The molecule has 1 unspecified atom stereocenters. The fourth-order valence-electron chi connectivity index (χ4n) is 2.55. The maximum Gasteiger partial charge on any atom is 0.00691 e. The zero-order valence-corrected chi connectivity index (χ0v) is 9.47. The van der Waals surface area contributed by atoms with E-state index in [1.807, 2.05) is 0 Å². The maximum absolute atomic E-state index is 3.46. The van der Waals surface area contributed by atoms with Crippen molar-refractivity contribution in [3.05, 3.63) is 0 Å². The summed E-state index contributed by atoms with van der Waals surface area (Å²) in [6, 6.07) is 0.767. The second kappa shape index (κ2) is 5.64. The zero-order valence-electron chi connectivity index (χ0n) is 9.47. The second-order valence-corrected chi connectivity index (χ2v) is 5.00. The van der Waals surface area contributed by atoms with Crippen LogP contribution < -0.4 is 5.32 Å². The fraction of sp³-hybridized carbons (Fsp3) is 1.00. The lowest BCUT2D eigenvalue weighted by molar-refractivity contribution is 0.355. The molecule has 0 aromatic heterocycles. The van der Waals surface area contributed by atoms with Crippen LogP contribution in [0.3, 0.4) is 0 Å². The molecule has 1 heteroatoms. The maximum atomic E-state index is 3.46. The molecule has 1 saturated carbocycles. The molecule has 1 nitrogen and oxygen atoms in total. The zero-order chi connectivity index (χ0) is 9.68. The molecule has 0 amide bonds. The predicted octanol–water partition coefficient (Wildman–Crippen LogP) is 3.20. The molecular formula is C12H25N. The molecule has 1 N–H and O–H groups in total. The minimum absolute atomic E-state index is 0.767. The number of nitrogens with one attached hydrogen (secondary N) is 1. The summed E-state index contributed by atoms with van der Waals surface area (Å²) < 4.78 is 0. The van der Waals surface area contributed by atoms with E-state index in [2.05, 4.69) is 26.2 Å². The van der Waals surface area contributed by atoms with Crippen molar-refractivity contribution in [2.75, 3.05) is 7.05 Å². The lowest BCUT2D eigenvalue weighted by Gasteiger charge is -2.21. The van der Waals surface area contributed by atoms with Crippen LogP contribution in [0.1, 0.15) is 52.4 Å². The average molecular weight is 183 g/mol. The van der Waals surface area contributed by atoms with E-state index in [4.69, 9.17) is 0 Å². The van der Waals surface area contributed by atoms with E-state index >= 15 is 0 Å². The highest BCUT2D eigenvalue weighted by atomic mass is 14.9. The molecule has 0 saturated heterocycles. The molecule has 78 valence electrons. The van der Waals surface area contributed by atoms with Crippen LogP contribution in [0.25, 0.3) is 0 Å². The molecule has 0 aromatic rings. The Hall–Kier alpha value is -0.0400. The lowest BCUT2D eigenvalue weighted by atomic mass is 9.93. The van der Waals surface area contributed by atoms with E-state index in [-0.39, 0.29) is 0 Å². The van der Waals surface area contributed by atoms with Gasteiger partial charge in [0, 0.05) is 6.04 Å². The Morgan fingerprint density at radius 2 is 1.85 bits per heavy atom. The largest absolute Gasteiger partial charge is 0.317 e. The van der Waals surface area contributed by atoms with Crippen molar-refractivity contribution >= 4 is 0 Å². The summed E-state index contributed by atoms with van der Waals surface area (Å²) in [5.41, 5.74) is 0. The summed E-state index contributed by atoms with van der Waals surface area (Å²) in [6.45, 7) is 4.64. The molecule has 13 heavy (non-hydrogen) atoms. The Bertz CT molecular complexity index is 125. The third-order valence-corrected chi connectivity index (χ3v) is 3.26. The highest BCUT2D eigenvalue weighted by Gasteiger charge is 2.19. The van der Waals surface area contributed by atoms with Crippen molar-refractivity contribution in [3.63, 3.8) is 0 Å². The Balaban J connectivity index is 2.21. The molecule has 0 radical (unpaired) electrons. The average Bonchev–Trinajstić information content (AvgIpc) is 2.55. The van der Waals surface area contributed by atoms with Crippen LogP contribution >= 0.6 is 0 Å². The fourth-order valence-corrected chi connectivity index (χ4v) is 2.55. The summed E-state index contributed by atoms with van der Waals surface area (Å²) in [5.74, 6) is 1.86. The molecular weight excluding hydrogens is 158 g/mol. The van der Waals surface area contributed by atoms with Gasteiger partial charge >= 0.3 is 0 Å². The molecule has 0 bridgehead atoms. The lowest BCUT2D eigenvalue weighted by Crippen LogP contribution is -2.28. The second-order valence-electron chi connectivity index (χ2n) is 5.00. The van der Waals surface area contributed by atoms with Gasteiger partial charge in [0.2, 0.25) is 0 Å². The minimum atomic E-state index is 0.767. The Kier molecular flexibility index (Phi) is 4.79. The summed E-state index contributed by atoms with van der Waals surface area (Å²) >= 11 is 0. The quantitative estimate of drug-likeness (QED) is 0.690. The van der Waals surface area contributed by atoms with Gasteiger partial charge in [-0.1, -0.05) is 39.5 Å². The SMILES string of the molecule is CNC(CC(C)C)CC1CCCC1. The highest BCUT2D eigenvalue weighted by Crippen LogP contribution is 2.29. The molecule has 1 aliphatic rings. The van der Waals surface area contributed by atoms with Gasteiger partial charge in [-0.3, -0.25) is 0 Å². The molecule has 0 spiro atoms. The predicted molar refractivity (Wildman–Crippen MR) is 58.9 cm³/mol. The molecule has 0 aromatic carbocycles. The Morgan fingerprint density at radius 3 is 2.31 bits per heavy atom. The highest BCUT2D eigenvalue weighted by molar-refractivity contribution is 4.75. The van der Waals surface area contributed by atoms with Crippen LogP contribution in [-0.4, -0.2) is 13.1 Å². The normalized spacial score (nSPS) is 21.2. The van der Waals surface area contributed by atoms with Crippen molar-refractivity contribution in [1.29, 1.82) is 0 Å². The standard InChI is InChI=1S/C12H25N/c1-10(2)8-12(13-3)9-11-6-4-5-7-11/h10-13H,4-9H2,1-3H3. The van der Waals surface area contributed by atoms with Crippen molar-refractivity contribution in [1.82, 2.24) is 5.32 Å². The van der Waals surface area contributed by atoms with E-state index in [9.17, 15) is 0 Å². The van der Waals surface area contributed by atoms with Gasteiger partial charge in [-0.2, -0.15) is 0 Å². The van der Waals surface area contributed by atoms with E-state index in [1.165, 1.54) is 38.5 Å². The van der Waals surface area contributed by atoms with Gasteiger partial charge in [-0.05, 0) is 31.7 Å². The smallest absolute Gasteiger partial charge is 0.00691 e. The number of rotatable bonds is 5. The van der Waals surface area contributed by atoms with Crippen LogP contribution in [0, 0.1) is 11.8 Å². The van der Waals surface area contributed by atoms with Gasteiger partial charge in [0.1, 0.15) is 0 Å². The van der Waals surface area contributed by atoms with Crippen molar-refractivity contribution in [2.45, 2.75) is 58.4 Å². The van der Waals surface area contributed by atoms with Gasteiger partial charge in [0.25, 0.3) is 0 Å². The summed E-state index contributed by atoms with van der Waals surface area (Å²) in [6.07, 6.45) is 8.67. The monoisotopic (exact) mass is 183 g/mol. The summed E-state index contributed by atoms with van der Waals surface area (Å²) in [5, 5.41) is 3.46. The van der Waals surface area contributed by atoms with Gasteiger partial charge in [-0.15, -0.1) is 0 Å². The first-order valence-electron chi connectivity index (χ1n) is 5.89. The first kappa shape index (κ1) is 11.0. The van der Waals surface area contributed by atoms with E-state index < -0.39 is 0 Å². The van der Waals surface area contributed by atoms with Crippen LogP contribution in [0.5, 0.6) is 0 Å². The number of hydrogen-bond acceptors (Lipinski definition) is 1. The molecule has 0 aliphatic heterocycles. The third-order valence-electron chi connectivity index (χ3n) is 3.26. The minimum Gasteiger partial charge on any atom is -0.317 e. The van der Waals surface area contributed by atoms with Crippen LogP contribution in [0.4, 0.5) is 0 Å². The first-order valence-corrected chi connectivity index (χ1v) is 5.89. The van der Waals surface area contributed by atoms with Crippen molar-refractivity contribution in [2.24, 2.45) is 11.8 Å². The van der Waals surface area contributed by atoms with Gasteiger partial charge < -0.3 is 5.32 Å². The summed E-state index contributed by atoms with van der Waals surface area (Å²) in [7, 11) is 2.11. The van der Waals surface area contributed by atoms with Crippen molar-refractivity contribution < 1.29 is 0 Å². The molecule has 1 rings (SSSR count). The molecule has 1 atom stereocenters. The molecule has 0 heterocycles. The number of hydrogen-bond donors (Lipinski definition) is 1. The third kappa shape index (κ3) is 4.12. The van der Waals surface area contributed by atoms with Gasteiger partial charge in [-0.25, -0.2) is 0 Å². The molecule has 1 fully saturated rings. The Labute approximate surface area is 83.3 Å². The van der Waals surface area contributed by atoms with Crippen LogP contribution in [0.2, 0.25) is 0 Å². The van der Waals surface area contributed by atoms with E-state index in [0.717, 1.165) is 17.9 Å². The Morgan fingerprint density at radius 1 is 1.23 bits per heavy atom. The molecule has 1 aliphatic carbocycles. The van der Waals surface area contributed by atoms with Gasteiger partial charge in [0.15, 0.2) is 0 Å². The topological polar surface area (TPSA) is 12.0 Å². The van der Waals surface area contributed by atoms with E-state index in [0.29, 0.717) is 0 Å². The van der Waals surface area contributed by atoms with Crippen LogP contribution in [0.15, 0.2) is 0 Å². The van der Waals surface area contributed by atoms with E-state index in [1.54, 1.807) is 0 Å². The van der Waals surface area contributed by atoms with Crippen molar-refractivity contribution in [3.8, 4) is 0 Å². The van der Waals surface area contributed by atoms with Crippen LogP contribution in [-0.2, 0) is 0 Å². The summed E-state index contributed by atoms with van der Waals surface area (Å²) in [4.78, 5) is 0. The first-order chi connectivity index (χ1) is 6.22. The van der Waals surface area contributed by atoms with Gasteiger partial charge in [0.05, 0.1) is 0 Å².